The first-order valence-electron chi connectivity index (χ1n) is 8.56. The molecule has 0 aliphatic carbocycles. The molecule has 0 saturated carbocycles. The van der Waals surface area contributed by atoms with Crippen LogP contribution in [0.1, 0.15) is 5.56 Å². The number of benzene rings is 1. The molecule has 8 nitrogen and oxygen atoms in total. The van der Waals surface area contributed by atoms with Gasteiger partial charge in [0.25, 0.3) is 6.47 Å². The number of aliphatic hydroxyl groups excluding tert-OH is 1. The normalized spacial score (nSPS) is 22.8. The number of carbonyl (C=O) groups excluding carboxylic acids is 1. The Morgan fingerprint density at radius 1 is 1.31 bits per heavy atom. The van der Waals surface area contributed by atoms with Crippen LogP contribution in [-0.2, 0) is 20.9 Å². The zero-order valence-electron chi connectivity index (χ0n) is 14.9. The van der Waals surface area contributed by atoms with Crippen molar-refractivity contribution in [1.29, 1.82) is 0 Å². The molecule has 2 aliphatic heterocycles. The van der Waals surface area contributed by atoms with Crippen molar-refractivity contribution in [3.63, 3.8) is 0 Å². The van der Waals surface area contributed by atoms with Crippen molar-refractivity contribution in [2.75, 3.05) is 46.6 Å². The fourth-order valence-electron chi connectivity index (χ4n) is 3.29. The third-order valence-electron chi connectivity index (χ3n) is 4.54. The summed E-state index contributed by atoms with van der Waals surface area (Å²) in [6.45, 7) is 3.36. The minimum Gasteiger partial charge on any atom is -0.491 e. The van der Waals surface area contributed by atoms with Gasteiger partial charge in [-0.15, -0.1) is 0 Å². The number of hydrogen-bond donors (Lipinski definition) is 2. The highest BCUT2D eigenvalue weighted by Crippen LogP contribution is 2.24. The molecule has 2 saturated heterocycles. The number of carbonyl (C=O) groups is 2. The van der Waals surface area contributed by atoms with Crippen LogP contribution in [0.2, 0.25) is 0 Å². The zero-order chi connectivity index (χ0) is 18.9. The van der Waals surface area contributed by atoms with E-state index in [4.69, 9.17) is 24.5 Å². The van der Waals surface area contributed by atoms with Gasteiger partial charge >= 0.3 is 0 Å². The van der Waals surface area contributed by atoms with E-state index in [1.54, 1.807) is 0 Å². The van der Waals surface area contributed by atoms with Crippen LogP contribution >= 0.6 is 0 Å². The first kappa shape index (κ1) is 20.2. The molecule has 2 fully saturated rings. The van der Waals surface area contributed by atoms with Gasteiger partial charge in [-0.05, 0) is 6.07 Å². The number of aliphatic hydroxyl groups is 1. The van der Waals surface area contributed by atoms with Crippen LogP contribution in [0.5, 0.6) is 5.75 Å². The largest absolute Gasteiger partial charge is 0.491 e. The molecule has 0 radical (unpaired) electrons. The van der Waals surface area contributed by atoms with Crippen molar-refractivity contribution in [2.24, 2.45) is 5.92 Å². The molecule has 8 heteroatoms. The predicted octanol–water partition coefficient (Wildman–Crippen LogP) is 0.0475. The van der Waals surface area contributed by atoms with Crippen LogP contribution < -0.4 is 4.74 Å². The number of para-hydroxylation sites is 1. The zero-order valence-corrected chi connectivity index (χ0v) is 14.9. The number of amides is 1. The first-order chi connectivity index (χ1) is 12.6. The lowest BCUT2D eigenvalue weighted by Gasteiger charge is -2.29. The average molecular weight is 366 g/mol. The van der Waals surface area contributed by atoms with Crippen LogP contribution in [-0.4, -0.2) is 85.0 Å². The van der Waals surface area contributed by atoms with Crippen molar-refractivity contribution in [3.05, 3.63) is 29.8 Å². The molecule has 1 amide bonds. The Kier molecular flexibility index (Phi) is 7.83. The monoisotopic (exact) mass is 366 g/mol. The summed E-state index contributed by atoms with van der Waals surface area (Å²) in [4.78, 5) is 24.9. The Hall–Kier alpha value is -2.16. The Labute approximate surface area is 152 Å². The van der Waals surface area contributed by atoms with Gasteiger partial charge in [-0.3, -0.25) is 14.5 Å². The highest BCUT2D eigenvalue weighted by molar-refractivity contribution is 5.79. The first-order valence-corrected chi connectivity index (χ1v) is 8.56. The van der Waals surface area contributed by atoms with Gasteiger partial charge in [0, 0.05) is 32.2 Å². The number of likely N-dealkylation sites (N-methyl/N-ethyl adjacent to an activating group) is 1. The predicted molar refractivity (Wildman–Crippen MR) is 93.9 cm³/mol. The maximum atomic E-state index is 12.4. The third kappa shape index (κ3) is 5.17. The Balaban J connectivity index is 0.000000758. The number of ether oxygens (including phenoxy) is 2. The molecule has 2 heterocycles. The lowest BCUT2D eigenvalue weighted by Crippen LogP contribution is -2.42. The Morgan fingerprint density at radius 3 is 2.77 bits per heavy atom. The van der Waals surface area contributed by atoms with E-state index >= 15 is 0 Å². The molecular weight excluding hydrogens is 340 g/mol. The highest BCUT2D eigenvalue weighted by atomic mass is 16.5. The van der Waals surface area contributed by atoms with E-state index in [0.717, 1.165) is 24.4 Å². The minimum atomic E-state index is -0.250. The number of carboxylic acid groups (broad SMARTS) is 1. The Bertz CT molecular complexity index is 597. The fourth-order valence-corrected chi connectivity index (χ4v) is 3.29. The lowest BCUT2D eigenvalue weighted by molar-refractivity contribution is -0.134. The molecule has 0 aromatic heterocycles. The highest BCUT2D eigenvalue weighted by Gasteiger charge is 2.37. The van der Waals surface area contributed by atoms with E-state index in [1.165, 1.54) is 0 Å². The number of fused-ring (bicyclic) bond motifs is 3. The van der Waals surface area contributed by atoms with Gasteiger partial charge in [0.1, 0.15) is 12.4 Å². The van der Waals surface area contributed by atoms with Gasteiger partial charge in [0.15, 0.2) is 0 Å². The Morgan fingerprint density at radius 2 is 2.04 bits per heavy atom. The second-order valence-corrected chi connectivity index (χ2v) is 6.32. The van der Waals surface area contributed by atoms with E-state index in [9.17, 15) is 4.79 Å². The van der Waals surface area contributed by atoms with E-state index in [2.05, 4.69) is 4.90 Å². The second kappa shape index (κ2) is 10.1. The van der Waals surface area contributed by atoms with Crippen LogP contribution in [0.3, 0.4) is 0 Å². The molecular formula is C18H26N2O6. The molecule has 2 aliphatic rings. The molecule has 0 unspecified atom stereocenters. The molecule has 0 spiro atoms. The standard InChI is InChI=1S/C17H24N2O4.CH2O2/c1-18-15-10-19(9-14(17(18)21)11-22-12-15)8-13-4-2-3-5-16(13)23-7-6-20;2-1-3/h2-5,14-15,20H,6-12H2,1H3;1H,(H,2,3)/t14-,15+;/m1./s1. The van der Waals surface area contributed by atoms with Crippen molar-refractivity contribution in [2.45, 2.75) is 12.6 Å². The summed E-state index contributed by atoms with van der Waals surface area (Å²) in [6, 6.07) is 7.97. The number of nitrogens with zero attached hydrogens (tertiary/aromatic N) is 2. The molecule has 144 valence electrons. The molecule has 26 heavy (non-hydrogen) atoms. The molecule has 2 bridgehead atoms. The van der Waals surface area contributed by atoms with Crippen molar-refractivity contribution < 1.29 is 29.3 Å². The van der Waals surface area contributed by atoms with Crippen molar-refractivity contribution in [3.8, 4) is 5.75 Å². The smallest absolute Gasteiger partial charge is 0.290 e. The van der Waals surface area contributed by atoms with Crippen LogP contribution in [0, 0.1) is 5.92 Å². The summed E-state index contributed by atoms with van der Waals surface area (Å²) in [5.74, 6) is 0.879. The number of hydrogen-bond acceptors (Lipinski definition) is 6. The van der Waals surface area contributed by atoms with Gasteiger partial charge in [0.05, 0.1) is 31.8 Å². The van der Waals surface area contributed by atoms with E-state index in [-0.39, 0.29) is 37.6 Å². The topological polar surface area (TPSA) is 99.5 Å². The SMILES string of the molecule is CN1C(=O)[C@H]2COC[C@@H]1CN(Cc1ccccc1OCCO)C2.O=CO. The van der Waals surface area contributed by atoms with Crippen LogP contribution in [0.15, 0.2) is 24.3 Å². The van der Waals surface area contributed by atoms with Gasteiger partial charge in [0.2, 0.25) is 5.91 Å². The van der Waals surface area contributed by atoms with Gasteiger partial charge < -0.3 is 24.6 Å². The van der Waals surface area contributed by atoms with Gasteiger partial charge in [-0.1, -0.05) is 18.2 Å². The van der Waals surface area contributed by atoms with Gasteiger partial charge in [-0.25, -0.2) is 0 Å². The minimum absolute atomic E-state index is 0.00116. The summed E-state index contributed by atoms with van der Waals surface area (Å²) in [5.41, 5.74) is 1.08. The molecule has 1 aromatic carbocycles. The second-order valence-electron chi connectivity index (χ2n) is 6.32. The maximum absolute atomic E-state index is 12.4. The maximum Gasteiger partial charge on any atom is 0.290 e. The molecule has 2 atom stereocenters. The quantitative estimate of drug-likeness (QED) is 0.710. The summed E-state index contributed by atoms with van der Waals surface area (Å²) in [6.07, 6.45) is 0. The summed E-state index contributed by atoms with van der Waals surface area (Å²) in [5, 5.41) is 15.8. The summed E-state index contributed by atoms with van der Waals surface area (Å²) in [7, 11) is 1.87. The van der Waals surface area contributed by atoms with Crippen molar-refractivity contribution >= 4 is 12.4 Å². The van der Waals surface area contributed by atoms with E-state index < -0.39 is 0 Å². The van der Waals surface area contributed by atoms with E-state index in [0.29, 0.717) is 19.8 Å². The molecule has 1 aromatic rings. The van der Waals surface area contributed by atoms with Crippen molar-refractivity contribution in [1.82, 2.24) is 9.80 Å². The fraction of sp³-hybridized carbons (Fsp3) is 0.556. The third-order valence-corrected chi connectivity index (χ3v) is 4.54. The van der Waals surface area contributed by atoms with E-state index in [1.807, 2.05) is 36.2 Å². The van der Waals surface area contributed by atoms with Crippen LogP contribution in [0.4, 0.5) is 0 Å². The van der Waals surface area contributed by atoms with Gasteiger partial charge in [-0.2, -0.15) is 0 Å². The lowest BCUT2D eigenvalue weighted by atomic mass is 10.1. The molecule has 2 N–H and O–H groups in total. The average Bonchev–Trinajstić information content (AvgIpc) is 2.81. The summed E-state index contributed by atoms with van der Waals surface area (Å²) >= 11 is 0. The number of rotatable bonds is 5. The molecule has 3 rings (SSSR count). The van der Waals surface area contributed by atoms with Crippen LogP contribution in [0.25, 0.3) is 0 Å². The summed E-state index contributed by atoms with van der Waals surface area (Å²) < 4.78 is 11.3.